The van der Waals surface area contributed by atoms with Gasteiger partial charge in [0, 0.05) is 6.61 Å². The van der Waals surface area contributed by atoms with Gasteiger partial charge in [-0.05, 0) is 105 Å². The lowest BCUT2D eigenvalue weighted by molar-refractivity contribution is -0.0594. The molecule has 2 saturated carbocycles. The molecule has 0 N–H and O–H groups in total. The maximum Gasteiger partial charge on any atom is 0.200 e. The summed E-state index contributed by atoms with van der Waals surface area (Å²) in [5, 5.41) is 0. The van der Waals surface area contributed by atoms with Crippen LogP contribution in [-0.2, 0) is 4.74 Å². The summed E-state index contributed by atoms with van der Waals surface area (Å²) in [5.41, 5.74) is 0.339. The van der Waals surface area contributed by atoms with Crippen molar-refractivity contribution in [1.82, 2.24) is 0 Å². The van der Waals surface area contributed by atoms with Gasteiger partial charge >= 0.3 is 0 Å². The fourth-order valence-corrected chi connectivity index (χ4v) is 6.31. The average Bonchev–Trinajstić information content (AvgIpc) is 2.89. The first-order chi connectivity index (χ1) is 16.9. The zero-order chi connectivity index (χ0) is 24.9. The second-order valence-corrected chi connectivity index (χ2v) is 11.1. The number of allylic oxidation sites excluding steroid dienone is 1. The molecule has 1 heterocycles. The van der Waals surface area contributed by atoms with Crippen molar-refractivity contribution in [3.8, 4) is 5.75 Å². The van der Waals surface area contributed by atoms with E-state index in [2.05, 4.69) is 13.5 Å². The van der Waals surface area contributed by atoms with E-state index in [1.165, 1.54) is 12.1 Å². The zero-order valence-corrected chi connectivity index (χ0v) is 20.9. The van der Waals surface area contributed by atoms with E-state index >= 15 is 0 Å². The van der Waals surface area contributed by atoms with Gasteiger partial charge in [0.05, 0.1) is 6.10 Å². The van der Waals surface area contributed by atoms with Gasteiger partial charge in [0.15, 0.2) is 17.7 Å². The second kappa shape index (κ2) is 12.1. The molecule has 2 aliphatic carbocycles. The highest BCUT2D eigenvalue weighted by Gasteiger charge is 2.37. The van der Waals surface area contributed by atoms with E-state index in [4.69, 9.17) is 9.47 Å². The van der Waals surface area contributed by atoms with Crippen LogP contribution in [0.2, 0.25) is 0 Å². The molecule has 2 nitrogen and oxygen atoms in total. The van der Waals surface area contributed by atoms with Crippen LogP contribution in [0.5, 0.6) is 5.75 Å². The first kappa shape index (κ1) is 26.5. The minimum absolute atomic E-state index is 0.0450. The normalized spacial score (nSPS) is 33.6. The van der Waals surface area contributed by atoms with Gasteiger partial charge in [-0.25, -0.2) is 13.2 Å². The van der Waals surface area contributed by atoms with Crippen LogP contribution >= 0.6 is 0 Å². The van der Waals surface area contributed by atoms with Gasteiger partial charge < -0.3 is 9.47 Å². The van der Waals surface area contributed by atoms with Crippen molar-refractivity contribution < 1.29 is 27.0 Å². The highest BCUT2D eigenvalue weighted by molar-refractivity contribution is 5.33. The topological polar surface area (TPSA) is 18.5 Å². The molecule has 1 aromatic rings. The van der Waals surface area contributed by atoms with Crippen molar-refractivity contribution in [2.24, 2.45) is 23.7 Å². The molecule has 0 radical (unpaired) electrons. The fraction of sp³-hybridized carbons (Fsp3) is 0.724. The van der Waals surface area contributed by atoms with Crippen molar-refractivity contribution in [3.05, 3.63) is 42.0 Å². The Morgan fingerprint density at radius 3 is 2.31 bits per heavy atom. The van der Waals surface area contributed by atoms with Crippen molar-refractivity contribution in [1.29, 1.82) is 0 Å². The summed E-state index contributed by atoms with van der Waals surface area (Å²) in [6.45, 7) is 6.17. The Balaban J connectivity index is 1.25. The molecule has 0 amide bonds. The summed E-state index contributed by atoms with van der Waals surface area (Å²) in [5.74, 6) is -1.38. The van der Waals surface area contributed by atoms with Crippen LogP contribution in [0.4, 0.5) is 17.6 Å². The summed E-state index contributed by atoms with van der Waals surface area (Å²) >= 11 is 0. The highest BCUT2D eigenvalue weighted by Crippen LogP contribution is 2.40. The number of ether oxygens (including phenoxy) is 2. The summed E-state index contributed by atoms with van der Waals surface area (Å²) in [4.78, 5) is 0. The number of halogens is 4. The van der Waals surface area contributed by atoms with Crippen molar-refractivity contribution >= 4 is 0 Å². The maximum absolute atomic E-state index is 14.9. The third-order valence-electron chi connectivity index (χ3n) is 8.70. The summed E-state index contributed by atoms with van der Waals surface area (Å²) in [7, 11) is 0. The van der Waals surface area contributed by atoms with Gasteiger partial charge in [-0.3, -0.25) is 0 Å². The lowest BCUT2D eigenvalue weighted by Crippen LogP contribution is -2.37. The van der Waals surface area contributed by atoms with Gasteiger partial charge in [-0.1, -0.05) is 19.1 Å². The zero-order valence-electron chi connectivity index (χ0n) is 20.9. The van der Waals surface area contributed by atoms with Crippen molar-refractivity contribution in [2.75, 3.05) is 13.2 Å². The SMILES string of the molecule is C=CC1CCC(c2ccc(OCC(F)C(F)C3CCC(C4CCC(C)CO4)CC3)c(F)c2F)CC1. The van der Waals surface area contributed by atoms with E-state index in [0.29, 0.717) is 36.2 Å². The Morgan fingerprint density at radius 1 is 0.971 bits per heavy atom. The van der Waals surface area contributed by atoms with Crippen molar-refractivity contribution in [3.63, 3.8) is 0 Å². The molecule has 6 heteroatoms. The Hall–Kier alpha value is -1.56. The van der Waals surface area contributed by atoms with Crippen LogP contribution in [0.1, 0.15) is 82.6 Å². The molecule has 0 bridgehead atoms. The van der Waals surface area contributed by atoms with E-state index in [9.17, 15) is 17.6 Å². The molecule has 3 aliphatic rings. The number of benzene rings is 1. The predicted molar refractivity (Wildman–Crippen MR) is 130 cm³/mol. The Morgan fingerprint density at radius 2 is 1.69 bits per heavy atom. The Bertz CT molecular complexity index is 822. The van der Waals surface area contributed by atoms with E-state index < -0.39 is 30.6 Å². The van der Waals surface area contributed by atoms with Crippen LogP contribution in [0, 0.1) is 35.3 Å². The van der Waals surface area contributed by atoms with Crippen LogP contribution in [0.15, 0.2) is 24.8 Å². The van der Waals surface area contributed by atoms with E-state index in [1.807, 2.05) is 6.08 Å². The quantitative estimate of drug-likeness (QED) is 0.267. The molecular weight excluding hydrogens is 456 g/mol. The van der Waals surface area contributed by atoms with Crippen LogP contribution in [0.3, 0.4) is 0 Å². The lowest BCUT2D eigenvalue weighted by Gasteiger charge is -2.38. The molecule has 0 spiro atoms. The molecule has 1 aromatic carbocycles. The standard InChI is InChI=1S/C29H40F4O2/c1-3-19-5-7-20(8-6-19)23-13-15-26(29(33)28(23)32)35-17-24(30)27(31)22-11-9-21(10-12-22)25-14-4-18(2)16-34-25/h3,13,15,18-22,24-25,27H,1,4-12,14,16-17H2,2H3. The first-order valence-corrected chi connectivity index (χ1v) is 13.5. The molecule has 1 saturated heterocycles. The summed E-state index contributed by atoms with van der Waals surface area (Å²) < 4.78 is 70.2. The molecule has 196 valence electrons. The molecule has 4 unspecified atom stereocenters. The maximum atomic E-state index is 14.9. The Kier molecular flexibility index (Phi) is 9.18. The third kappa shape index (κ3) is 6.42. The molecule has 4 rings (SSSR count). The van der Waals surface area contributed by atoms with E-state index in [-0.39, 0.29) is 23.7 Å². The smallest absolute Gasteiger partial charge is 0.200 e. The number of rotatable bonds is 8. The average molecular weight is 497 g/mol. The fourth-order valence-electron chi connectivity index (χ4n) is 6.31. The number of hydrogen-bond donors (Lipinski definition) is 0. The van der Waals surface area contributed by atoms with E-state index in [1.54, 1.807) is 0 Å². The lowest BCUT2D eigenvalue weighted by atomic mass is 9.75. The highest BCUT2D eigenvalue weighted by atomic mass is 19.2. The van der Waals surface area contributed by atoms with Gasteiger partial charge in [-0.15, -0.1) is 6.58 Å². The minimum atomic E-state index is -1.88. The summed E-state index contributed by atoms with van der Waals surface area (Å²) in [6, 6.07) is 2.88. The van der Waals surface area contributed by atoms with Gasteiger partial charge in [-0.2, -0.15) is 4.39 Å². The second-order valence-electron chi connectivity index (χ2n) is 11.1. The van der Waals surface area contributed by atoms with Crippen molar-refractivity contribution in [2.45, 2.75) is 95.5 Å². The number of hydrogen-bond acceptors (Lipinski definition) is 2. The molecular formula is C29H40F4O2. The van der Waals surface area contributed by atoms with E-state index in [0.717, 1.165) is 58.0 Å². The van der Waals surface area contributed by atoms with Gasteiger partial charge in [0.2, 0.25) is 5.82 Å². The Labute approximate surface area is 207 Å². The molecule has 0 aromatic heterocycles. The number of alkyl halides is 2. The van der Waals surface area contributed by atoms with Crippen LogP contribution < -0.4 is 4.74 Å². The minimum Gasteiger partial charge on any atom is -0.487 e. The third-order valence-corrected chi connectivity index (χ3v) is 8.70. The molecule has 35 heavy (non-hydrogen) atoms. The molecule has 1 aliphatic heterocycles. The van der Waals surface area contributed by atoms with Crippen LogP contribution in [-0.4, -0.2) is 31.7 Å². The predicted octanol–water partition coefficient (Wildman–Crippen LogP) is 8.10. The molecule has 3 fully saturated rings. The molecule has 4 atom stereocenters. The first-order valence-electron chi connectivity index (χ1n) is 13.5. The monoisotopic (exact) mass is 496 g/mol. The van der Waals surface area contributed by atoms with Gasteiger partial charge in [0.1, 0.15) is 12.8 Å². The largest absolute Gasteiger partial charge is 0.487 e. The summed E-state index contributed by atoms with van der Waals surface area (Å²) in [6.07, 6.45) is 7.11. The van der Waals surface area contributed by atoms with Gasteiger partial charge in [0.25, 0.3) is 0 Å². The van der Waals surface area contributed by atoms with Crippen LogP contribution in [0.25, 0.3) is 0 Å².